The monoisotopic (exact) mass is 189 g/mol. The molecule has 3 nitrogen and oxygen atoms in total. The quantitative estimate of drug-likeness (QED) is 0.734. The second-order valence-electron chi connectivity index (χ2n) is 2.68. The average Bonchev–Trinajstić information content (AvgIpc) is 2.26. The minimum atomic E-state index is -0.255. The molecule has 0 amide bonds. The summed E-state index contributed by atoms with van der Waals surface area (Å²) in [5.41, 5.74) is 1.11. The Morgan fingerprint density at radius 2 is 2.29 bits per heavy atom. The van der Waals surface area contributed by atoms with Crippen LogP contribution in [0.5, 0.6) is 5.75 Å². The summed E-state index contributed by atoms with van der Waals surface area (Å²) in [6.45, 7) is -0.255. The molecule has 1 aromatic carbocycles. The van der Waals surface area contributed by atoms with Gasteiger partial charge in [-0.15, -0.1) is 0 Å². The normalized spacial score (nSPS) is 10.8. The molecule has 3 heteroatoms. The van der Waals surface area contributed by atoms with Crippen molar-refractivity contribution < 1.29 is 9.84 Å². The maximum atomic E-state index is 8.82. The number of methoxy groups -OCH3 is 1. The van der Waals surface area contributed by atoms with Gasteiger partial charge in [-0.2, -0.15) is 5.26 Å². The minimum absolute atomic E-state index is 0.255. The lowest BCUT2D eigenvalue weighted by Gasteiger charge is -2.03. The second kappa shape index (κ2) is 5.05. The first kappa shape index (κ1) is 10.3. The van der Waals surface area contributed by atoms with Gasteiger partial charge >= 0.3 is 0 Å². The summed E-state index contributed by atoms with van der Waals surface area (Å²) in [5.74, 6) is 0.689. The lowest BCUT2D eigenvalue weighted by molar-refractivity contribution is 0.336. The molecular weight excluding hydrogens is 178 g/mol. The van der Waals surface area contributed by atoms with E-state index in [9.17, 15) is 0 Å². The number of aliphatic hydroxyl groups is 1. The van der Waals surface area contributed by atoms with Crippen molar-refractivity contribution in [3.63, 3.8) is 0 Å². The number of hydrogen-bond acceptors (Lipinski definition) is 3. The molecule has 0 aliphatic rings. The molecule has 0 aromatic heterocycles. The first-order valence-electron chi connectivity index (χ1n) is 4.16. The van der Waals surface area contributed by atoms with Crippen LogP contribution in [0.1, 0.15) is 5.56 Å². The van der Waals surface area contributed by atoms with Gasteiger partial charge in [-0.05, 0) is 12.1 Å². The molecule has 0 fully saturated rings. The van der Waals surface area contributed by atoms with E-state index in [1.807, 2.05) is 24.3 Å². The summed E-state index contributed by atoms with van der Waals surface area (Å²) in [6, 6.07) is 9.23. The van der Waals surface area contributed by atoms with Gasteiger partial charge in [-0.1, -0.05) is 18.2 Å². The topological polar surface area (TPSA) is 53.2 Å². The van der Waals surface area contributed by atoms with Crippen LogP contribution in [0.4, 0.5) is 0 Å². The Kier molecular flexibility index (Phi) is 3.71. The molecule has 0 aliphatic heterocycles. The first-order chi connectivity index (χ1) is 6.81. The van der Waals surface area contributed by atoms with Gasteiger partial charge in [0.1, 0.15) is 5.75 Å². The van der Waals surface area contributed by atoms with Crippen LogP contribution in [-0.2, 0) is 0 Å². The molecule has 1 aromatic rings. The van der Waals surface area contributed by atoms with Crippen molar-refractivity contribution in [2.45, 2.75) is 0 Å². The SMILES string of the molecule is COc1ccccc1/C=C(\C#N)CO. The molecule has 0 saturated carbocycles. The predicted molar refractivity (Wildman–Crippen MR) is 53.7 cm³/mol. The third-order valence-electron chi connectivity index (χ3n) is 1.78. The van der Waals surface area contributed by atoms with Crippen molar-refractivity contribution in [2.24, 2.45) is 0 Å². The molecule has 0 bridgehead atoms. The summed E-state index contributed by atoms with van der Waals surface area (Å²) in [7, 11) is 1.57. The summed E-state index contributed by atoms with van der Waals surface area (Å²) < 4.78 is 5.10. The summed E-state index contributed by atoms with van der Waals surface area (Å²) in [4.78, 5) is 0. The number of para-hydroxylation sites is 1. The van der Waals surface area contributed by atoms with Gasteiger partial charge in [0.05, 0.1) is 25.4 Å². The van der Waals surface area contributed by atoms with E-state index in [1.165, 1.54) is 0 Å². The molecule has 0 aliphatic carbocycles. The Labute approximate surface area is 82.9 Å². The highest BCUT2D eigenvalue weighted by Crippen LogP contribution is 2.19. The summed E-state index contributed by atoms with van der Waals surface area (Å²) in [6.07, 6.45) is 1.61. The van der Waals surface area contributed by atoms with Crippen molar-refractivity contribution in [2.75, 3.05) is 13.7 Å². The van der Waals surface area contributed by atoms with E-state index in [0.717, 1.165) is 5.56 Å². The van der Waals surface area contributed by atoms with Crippen LogP contribution in [0.2, 0.25) is 0 Å². The fourth-order valence-electron chi connectivity index (χ4n) is 1.09. The zero-order valence-corrected chi connectivity index (χ0v) is 7.90. The molecule has 0 heterocycles. The van der Waals surface area contributed by atoms with E-state index in [-0.39, 0.29) is 6.61 Å². The van der Waals surface area contributed by atoms with Crippen LogP contribution in [0.3, 0.4) is 0 Å². The zero-order valence-electron chi connectivity index (χ0n) is 7.90. The summed E-state index contributed by atoms with van der Waals surface area (Å²) in [5, 5.41) is 17.5. The van der Waals surface area contributed by atoms with Gasteiger partial charge in [0.15, 0.2) is 0 Å². The van der Waals surface area contributed by atoms with Gasteiger partial charge in [-0.25, -0.2) is 0 Å². The lowest BCUT2D eigenvalue weighted by Crippen LogP contribution is -1.89. The average molecular weight is 189 g/mol. The van der Waals surface area contributed by atoms with Crippen LogP contribution < -0.4 is 4.74 Å². The van der Waals surface area contributed by atoms with E-state index in [4.69, 9.17) is 15.1 Å². The van der Waals surface area contributed by atoms with Crippen molar-refractivity contribution in [3.8, 4) is 11.8 Å². The number of nitriles is 1. The van der Waals surface area contributed by atoms with E-state index < -0.39 is 0 Å². The second-order valence-corrected chi connectivity index (χ2v) is 2.68. The highest BCUT2D eigenvalue weighted by Gasteiger charge is 1.99. The third-order valence-corrected chi connectivity index (χ3v) is 1.78. The Morgan fingerprint density at radius 1 is 1.57 bits per heavy atom. The molecule has 1 rings (SSSR count). The van der Waals surface area contributed by atoms with Crippen molar-refractivity contribution >= 4 is 6.08 Å². The van der Waals surface area contributed by atoms with Crippen molar-refractivity contribution in [1.82, 2.24) is 0 Å². The van der Waals surface area contributed by atoms with Crippen LogP contribution in [0.15, 0.2) is 29.8 Å². The maximum absolute atomic E-state index is 8.82. The third kappa shape index (κ3) is 2.35. The molecule has 0 saturated heterocycles. The minimum Gasteiger partial charge on any atom is -0.496 e. The maximum Gasteiger partial charge on any atom is 0.126 e. The fourth-order valence-corrected chi connectivity index (χ4v) is 1.09. The van der Waals surface area contributed by atoms with Gasteiger partial charge in [-0.3, -0.25) is 0 Å². The number of hydrogen-bond donors (Lipinski definition) is 1. The number of benzene rings is 1. The standard InChI is InChI=1S/C11H11NO2/c1-14-11-5-3-2-4-10(11)6-9(7-12)8-13/h2-6,13H,8H2,1H3/b9-6+. The smallest absolute Gasteiger partial charge is 0.126 e. The molecule has 0 atom stereocenters. The van der Waals surface area contributed by atoms with E-state index in [0.29, 0.717) is 11.3 Å². The molecule has 0 unspecified atom stereocenters. The van der Waals surface area contributed by atoms with Crippen LogP contribution in [0.25, 0.3) is 6.08 Å². The molecule has 1 N–H and O–H groups in total. The van der Waals surface area contributed by atoms with Gasteiger partial charge in [0.25, 0.3) is 0 Å². The Morgan fingerprint density at radius 3 is 2.86 bits per heavy atom. The highest BCUT2D eigenvalue weighted by atomic mass is 16.5. The first-order valence-corrected chi connectivity index (χ1v) is 4.16. The van der Waals surface area contributed by atoms with E-state index >= 15 is 0 Å². The fraction of sp³-hybridized carbons (Fsp3) is 0.182. The van der Waals surface area contributed by atoms with Crippen LogP contribution in [0, 0.1) is 11.3 Å². The molecule has 0 spiro atoms. The Balaban J connectivity index is 3.07. The lowest BCUT2D eigenvalue weighted by atomic mass is 10.1. The Bertz CT molecular complexity index is 377. The van der Waals surface area contributed by atoms with Gasteiger partial charge < -0.3 is 9.84 Å². The van der Waals surface area contributed by atoms with E-state index in [2.05, 4.69) is 0 Å². The molecule has 14 heavy (non-hydrogen) atoms. The largest absolute Gasteiger partial charge is 0.496 e. The molecule has 0 radical (unpaired) electrons. The number of rotatable bonds is 3. The zero-order chi connectivity index (χ0) is 10.4. The van der Waals surface area contributed by atoms with Crippen LogP contribution in [-0.4, -0.2) is 18.8 Å². The van der Waals surface area contributed by atoms with Crippen LogP contribution >= 0.6 is 0 Å². The van der Waals surface area contributed by atoms with Crippen molar-refractivity contribution in [1.29, 1.82) is 5.26 Å². The highest BCUT2D eigenvalue weighted by molar-refractivity contribution is 5.62. The summed E-state index contributed by atoms with van der Waals surface area (Å²) >= 11 is 0. The van der Waals surface area contributed by atoms with Gasteiger partial charge in [0, 0.05) is 5.56 Å². The molecular formula is C11H11NO2. The van der Waals surface area contributed by atoms with Gasteiger partial charge in [0.2, 0.25) is 0 Å². The van der Waals surface area contributed by atoms with E-state index in [1.54, 1.807) is 19.3 Å². The number of aliphatic hydroxyl groups excluding tert-OH is 1. The molecule has 72 valence electrons. The Hall–Kier alpha value is -1.79. The number of ether oxygens (including phenoxy) is 1. The predicted octanol–water partition coefficient (Wildman–Crippen LogP) is 1.59. The van der Waals surface area contributed by atoms with Crippen molar-refractivity contribution in [3.05, 3.63) is 35.4 Å². The number of nitrogens with zero attached hydrogens (tertiary/aromatic N) is 1.